The molecule has 2 rings (SSSR count). The molecule has 0 aromatic rings. The van der Waals surface area contributed by atoms with Crippen molar-refractivity contribution in [1.29, 1.82) is 0 Å². The van der Waals surface area contributed by atoms with E-state index >= 15 is 0 Å². The second kappa shape index (κ2) is 4.05. The minimum absolute atomic E-state index is 0.416. The van der Waals surface area contributed by atoms with Gasteiger partial charge in [0.2, 0.25) is 0 Å². The van der Waals surface area contributed by atoms with Gasteiger partial charge in [0.1, 0.15) is 0 Å². The van der Waals surface area contributed by atoms with E-state index in [9.17, 15) is 0 Å². The lowest BCUT2D eigenvalue weighted by atomic mass is 9.48. The lowest BCUT2D eigenvalue weighted by Gasteiger charge is -2.57. The Kier molecular flexibility index (Phi) is 3.16. The van der Waals surface area contributed by atoms with Crippen LogP contribution in [0.5, 0.6) is 0 Å². The van der Waals surface area contributed by atoms with Gasteiger partial charge in [0.25, 0.3) is 0 Å². The van der Waals surface area contributed by atoms with Crippen LogP contribution in [0.2, 0.25) is 0 Å². The maximum Gasteiger partial charge on any atom is 0.0294 e. The second-order valence-electron chi connectivity index (χ2n) is 6.80. The highest BCUT2D eigenvalue weighted by molar-refractivity contribution is 6.18. The van der Waals surface area contributed by atoms with Crippen LogP contribution in [0.25, 0.3) is 0 Å². The SMILES string of the molecule is C=C1CCC2C(C)(C)CCCC2(C)C1CCl. The largest absolute Gasteiger partial charge is 0.126 e. The highest BCUT2D eigenvalue weighted by Crippen LogP contribution is 2.60. The van der Waals surface area contributed by atoms with Gasteiger partial charge in [-0.3, -0.25) is 0 Å². The molecule has 0 amide bonds. The number of hydrogen-bond acceptors (Lipinski definition) is 0. The molecule has 2 fully saturated rings. The van der Waals surface area contributed by atoms with Crippen LogP contribution in [0.1, 0.15) is 52.9 Å². The van der Waals surface area contributed by atoms with Crippen molar-refractivity contribution in [3.05, 3.63) is 12.2 Å². The molecule has 0 N–H and O–H groups in total. The van der Waals surface area contributed by atoms with E-state index in [1.165, 1.54) is 37.7 Å². The summed E-state index contributed by atoms with van der Waals surface area (Å²) in [6.07, 6.45) is 6.61. The Morgan fingerprint density at radius 2 is 2.00 bits per heavy atom. The fourth-order valence-electron chi connectivity index (χ4n) is 4.56. The average Bonchev–Trinajstić information content (AvgIpc) is 2.15. The molecule has 16 heavy (non-hydrogen) atoms. The van der Waals surface area contributed by atoms with Gasteiger partial charge in [0, 0.05) is 5.88 Å². The summed E-state index contributed by atoms with van der Waals surface area (Å²) in [6, 6.07) is 0. The highest BCUT2D eigenvalue weighted by Gasteiger charge is 2.52. The molecule has 0 spiro atoms. The van der Waals surface area contributed by atoms with Gasteiger partial charge in [-0.2, -0.15) is 0 Å². The Labute approximate surface area is 105 Å². The van der Waals surface area contributed by atoms with Gasteiger partial charge in [-0.15, -0.1) is 11.6 Å². The molecule has 0 aromatic carbocycles. The molecule has 0 heterocycles. The average molecular weight is 241 g/mol. The van der Waals surface area contributed by atoms with Crippen LogP contribution in [0, 0.1) is 22.7 Å². The zero-order chi connectivity index (χ0) is 12.0. The molecular weight excluding hydrogens is 216 g/mol. The van der Waals surface area contributed by atoms with E-state index < -0.39 is 0 Å². The van der Waals surface area contributed by atoms with Gasteiger partial charge in [-0.05, 0) is 48.3 Å². The topological polar surface area (TPSA) is 0 Å². The molecule has 92 valence electrons. The Morgan fingerprint density at radius 3 is 2.62 bits per heavy atom. The van der Waals surface area contributed by atoms with Crippen molar-refractivity contribution in [3.63, 3.8) is 0 Å². The highest BCUT2D eigenvalue weighted by atomic mass is 35.5. The molecule has 2 saturated carbocycles. The monoisotopic (exact) mass is 240 g/mol. The summed E-state index contributed by atoms with van der Waals surface area (Å²) in [7, 11) is 0. The third-order valence-electron chi connectivity index (χ3n) is 5.47. The summed E-state index contributed by atoms with van der Waals surface area (Å²) in [5, 5.41) is 0. The zero-order valence-electron chi connectivity index (χ0n) is 11.0. The third kappa shape index (κ3) is 1.74. The van der Waals surface area contributed by atoms with E-state index in [4.69, 9.17) is 11.6 Å². The van der Waals surface area contributed by atoms with Crippen molar-refractivity contribution in [2.75, 3.05) is 5.88 Å². The molecule has 0 saturated heterocycles. The standard InChI is InChI=1S/C15H25Cl/c1-11-6-7-13-14(2,3)8-5-9-15(13,4)12(11)10-16/h12-13H,1,5-10H2,2-4H3. The summed E-state index contributed by atoms with van der Waals surface area (Å²) < 4.78 is 0. The Morgan fingerprint density at radius 1 is 1.31 bits per heavy atom. The van der Waals surface area contributed by atoms with Gasteiger partial charge in [-0.1, -0.05) is 39.3 Å². The molecule has 2 aliphatic rings. The van der Waals surface area contributed by atoms with Gasteiger partial charge in [0.15, 0.2) is 0 Å². The first-order valence-electron chi connectivity index (χ1n) is 6.65. The molecule has 3 unspecified atom stereocenters. The predicted molar refractivity (Wildman–Crippen MR) is 71.8 cm³/mol. The first-order valence-corrected chi connectivity index (χ1v) is 7.19. The maximum atomic E-state index is 6.22. The van der Waals surface area contributed by atoms with Crippen molar-refractivity contribution in [2.24, 2.45) is 22.7 Å². The molecular formula is C15H25Cl. The molecule has 0 bridgehead atoms. The number of fused-ring (bicyclic) bond motifs is 1. The Hall–Kier alpha value is 0.0300. The van der Waals surface area contributed by atoms with Crippen molar-refractivity contribution in [3.8, 4) is 0 Å². The minimum Gasteiger partial charge on any atom is -0.126 e. The van der Waals surface area contributed by atoms with Crippen LogP contribution in [-0.2, 0) is 0 Å². The number of halogens is 1. The van der Waals surface area contributed by atoms with Gasteiger partial charge >= 0.3 is 0 Å². The fraction of sp³-hybridized carbons (Fsp3) is 0.867. The van der Waals surface area contributed by atoms with E-state index in [2.05, 4.69) is 27.4 Å². The molecule has 0 aromatic heterocycles. The van der Waals surface area contributed by atoms with Crippen molar-refractivity contribution < 1.29 is 0 Å². The lowest BCUT2D eigenvalue weighted by molar-refractivity contribution is -0.0458. The molecule has 1 heteroatoms. The van der Waals surface area contributed by atoms with Crippen LogP contribution < -0.4 is 0 Å². The Balaban J connectivity index is 2.34. The zero-order valence-corrected chi connectivity index (χ0v) is 11.7. The fourth-order valence-corrected chi connectivity index (χ4v) is 5.13. The minimum atomic E-state index is 0.416. The van der Waals surface area contributed by atoms with E-state index in [-0.39, 0.29) is 0 Å². The van der Waals surface area contributed by atoms with E-state index in [0.717, 1.165) is 11.8 Å². The maximum absolute atomic E-state index is 6.22. The number of alkyl halides is 1. The first-order chi connectivity index (χ1) is 7.42. The predicted octanol–water partition coefficient (Wildman–Crippen LogP) is 5.02. The van der Waals surface area contributed by atoms with Crippen molar-refractivity contribution in [1.82, 2.24) is 0 Å². The number of allylic oxidation sites excluding steroid dienone is 1. The normalized spacial score (nSPS) is 42.9. The lowest BCUT2D eigenvalue weighted by Crippen LogP contribution is -2.49. The summed E-state index contributed by atoms with van der Waals surface area (Å²) >= 11 is 6.22. The van der Waals surface area contributed by atoms with Crippen LogP contribution >= 0.6 is 11.6 Å². The quantitative estimate of drug-likeness (QED) is 0.446. The number of rotatable bonds is 1. The second-order valence-corrected chi connectivity index (χ2v) is 7.11. The van der Waals surface area contributed by atoms with Gasteiger partial charge < -0.3 is 0 Å². The Bertz CT molecular complexity index is 292. The van der Waals surface area contributed by atoms with E-state index in [0.29, 0.717) is 16.7 Å². The first kappa shape index (κ1) is 12.5. The summed E-state index contributed by atoms with van der Waals surface area (Å²) in [5.41, 5.74) is 2.32. The summed E-state index contributed by atoms with van der Waals surface area (Å²) in [4.78, 5) is 0. The molecule has 2 aliphatic carbocycles. The van der Waals surface area contributed by atoms with Crippen LogP contribution in [0.3, 0.4) is 0 Å². The van der Waals surface area contributed by atoms with Crippen LogP contribution in [0.15, 0.2) is 12.2 Å². The summed E-state index contributed by atoms with van der Waals surface area (Å²) in [5.74, 6) is 2.15. The molecule has 3 atom stereocenters. The van der Waals surface area contributed by atoms with Gasteiger partial charge in [-0.25, -0.2) is 0 Å². The van der Waals surface area contributed by atoms with Gasteiger partial charge in [0.05, 0.1) is 0 Å². The van der Waals surface area contributed by atoms with E-state index in [1.807, 2.05) is 0 Å². The van der Waals surface area contributed by atoms with Crippen molar-refractivity contribution >= 4 is 11.6 Å². The summed E-state index contributed by atoms with van der Waals surface area (Å²) in [6.45, 7) is 11.6. The molecule has 0 aliphatic heterocycles. The van der Waals surface area contributed by atoms with E-state index in [1.54, 1.807) is 0 Å². The third-order valence-corrected chi connectivity index (χ3v) is 5.78. The van der Waals surface area contributed by atoms with Crippen molar-refractivity contribution in [2.45, 2.75) is 52.9 Å². The molecule has 0 nitrogen and oxygen atoms in total. The smallest absolute Gasteiger partial charge is 0.0294 e. The molecule has 0 radical (unpaired) electrons. The number of hydrogen-bond donors (Lipinski definition) is 0. The van der Waals surface area contributed by atoms with Crippen LogP contribution in [0.4, 0.5) is 0 Å². The van der Waals surface area contributed by atoms with Crippen LogP contribution in [-0.4, -0.2) is 5.88 Å².